The number of aromatic amines is 1. The van der Waals surface area contributed by atoms with E-state index < -0.39 is 34.4 Å². The number of aromatic nitrogens is 1. The molecule has 8 nitrogen and oxygen atoms in total. The van der Waals surface area contributed by atoms with Crippen molar-refractivity contribution in [2.24, 2.45) is 0 Å². The summed E-state index contributed by atoms with van der Waals surface area (Å²) in [6.07, 6.45) is 0. The molecular weight excluding hydrogens is 423 g/mol. The number of rotatable bonds is 5. The molecule has 1 aromatic heterocycles. The van der Waals surface area contributed by atoms with Crippen LogP contribution in [-0.4, -0.2) is 27.1 Å². The highest BCUT2D eigenvalue weighted by molar-refractivity contribution is 6.42. The van der Waals surface area contributed by atoms with E-state index in [2.05, 4.69) is 0 Å². The van der Waals surface area contributed by atoms with Crippen LogP contribution >= 0.6 is 23.2 Å². The summed E-state index contributed by atoms with van der Waals surface area (Å²) in [5.41, 5.74) is 3.12. The summed E-state index contributed by atoms with van der Waals surface area (Å²) >= 11 is 11.8. The van der Waals surface area contributed by atoms with E-state index in [0.29, 0.717) is 10.8 Å². The summed E-state index contributed by atoms with van der Waals surface area (Å²) in [4.78, 5) is 37.5. The van der Waals surface area contributed by atoms with Crippen molar-refractivity contribution in [3.63, 3.8) is 0 Å². The van der Waals surface area contributed by atoms with E-state index in [1.54, 1.807) is 12.1 Å². The lowest BCUT2D eigenvalue weighted by molar-refractivity contribution is 0.0695. The molecule has 0 aliphatic carbocycles. The number of H-pyrrole nitrogens is 1. The molecule has 0 atom stereocenters. The number of nitrogens with two attached hydrogens (primary N) is 1. The Balaban J connectivity index is 2.18. The number of ether oxygens (including phenoxy) is 1. The molecule has 0 aliphatic rings. The number of carboxylic acids is 2. The van der Waals surface area contributed by atoms with E-state index in [-0.39, 0.29) is 21.9 Å². The van der Waals surface area contributed by atoms with E-state index in [4.69, 9.17) is 33.7 Å². The maximum Gasteiger partial charge on any atom is 0.342 e. The van der Waals surface area contributed by atoms with Gasteiger partial charge in [0, 0.05) is 11.6 Å². The Morgan fingerprint density at radius 1 is 0.931 bits per heavy atom. The zero-order valence-corrected chi connectivity index (χ0v) is 15.9. The fourth-order valence-corrected chi connectivity index (χ4v) is 3.01. The van der Waals surface area contributed by atoms with Crippen LogP contribution < -0.4 is 16.0 Å². The number of halogens is 2. The average molecular weight is 435 g/mol. The molecule has 2 aromatic carbocycles. The normalized spacial score (nSPS) is 10.6. The first-order valence-electron chi connectivity index (χ1n) is 7.94. The van der Waals surface area contributed by atoms with Gasteiger partial charge in [-0.2, -0.15) is 0 Å². The maximum atomic E-state index is 12.1. The third-order valence-electron chi connectivity index (χ3n) is 3.92. The first-order chi connectivity index (χ1) is 13.7. The Morgan fingerprint density at radius 3 is 2.21 bits per heavy atom. The van der Waals surface area contributed by atoms with Crippen LogP contribution in [0.15, 0.2) is 47.3 Å². The topological polar surface area (TPSA) is 143 Å². The van der Waals surface area contributed by atoms with Crippen molar-refractivity contribution in [2.45, 2.75) is 0 Å². The number of anilines is 1. The lowest BCUT2D eigenvalue weighted by Gasteiger charge is -2.13. The summed E-state index contributed by atoms with van der Waals surface area (Å²) in [5, 5.41) is 19.6. The number of benzene rings is 2. The third-order valence-corrected chi connectivity index (χ3v) is 4.66. The van der Waals surface area contributed by atoms with Gasteiger partial charge in [0.05, 0.1) is 10.0 Å². The van der Waals surface area contributed by atoms with E-state index >= 15 is 0 Å². The number of hydrogen-bond acceptors (Lipinski definition) is 5. The number of nitrogen functional groups attached to an aromatic ring is 1. The molecule has 5 N–H and O–H groups in total. The van der Waals surface area contributed by atoms with Crippen molar-refractivity contribution in [3.8, 4) is 22.6 Å². The monoisotopic (exact) mass is 434 g/mol. The van der Waals surface area contributed by atoms with Gasteiger partial charge in [-0.25, -0.2) is 9.59 Å². The van der Waals surface area contributed by atoms with Gasteiger partial charge in [0.1, 0.15) is 28.4 Å². The highest BCUT2D eigenvalue weighted by atomic mass is 35.5. The largest absolute Gasteiger partial charge is 0.478 e. The fourth-order valence-electron chi connectivity index (χ4n) is 2.73. The molecule has 29 heavy (non-hydrogen) atoms. The highest BCUT2D eigenvalue weighted by Gasteiger charge is 2.26. The van der Waals surface area contributed by atoms with Crippen LogP contribution in [0.2, 0.25) is 10.0 Å². The Kier molecular flexibility index (Phi) is 5.49. The Bertz CT molecular complexity index is 1210. The Hall–Kier alpha value is -3.49. The lowest BCUT2D eigenvalue weighted by atomic mass is 9.95. The van der Waals surface area contributed by atoms with Crippen LogP contribution in [0.1, 0.15) is 20.7 Å². The summed E-state index contributed by atoms with van der Waals surface area (Å²) in [6, 6.07) is 10.5. The SMILES string of the molecule is Nc1[nH]c(=O)c(C(=O)O)c(-c2cccc(Oc3ccc(Cl)c(Cl)c3)c2)c1C(=O)O. The van der Waals surface area contributed by atoms with Crippen LogP contribution in [0.5, 0.6) is 11.5 Å². The number of pyridine rings is 1. The van der Waals surface area contributed by atoms with Crippen molar-refractivity contribution < 1.29 is 24.5 Å². The van der Waals surface area contributed by atoms with Crippen LogP contribution in [0, 0.1) is 0 Å². The molecule has 0 amide bonds. The van der Waals surface area contributed by atoms with Gasteiger partial charge in [-0.3, -0.25) is 4.79 Å². The van der Waals surface area contributed by atoms with Crippen LogP contribution in [0.25, 0.3) is 11.1 Å². The smallest absolute Gasteiger partial charge is 0.342 e. The maximum absolute atomic E-state index is 12.1. The molecule has 0 radical (unpaired) electrons. The van der Waals surface area contributed by atoms with E-state index in [1.165, 1.54) is 30.3 Å². The molecule has 3 rings (SSSR count). The molecule has 0 aliphatic heterocycles. The van der Waals surface area contributed by atoms with E-state index in [9.17, 15) is 24.6 Å². The zero-order valence-electron chi connectivity index (χ0n) is 14.4. The summed E-state index contributed by atoms with van der Waals surface area (Å²) in [6.45, 7) is 0. The number of aromatic carboxylic acids is 2. The average Bonchev–Trinajstić information content (AvgIpc) is 2.63. The fraction of sp³-hybridized carbons (Fsp3) is 0. The molecule has 0 spiro atoms. The first-order valence-corrected chi connectivity index (χ1v) is 8.70. The molecule has 0 bridgehead atoms. The number of hydrogen-bond donors (Lipinski definition) is 4. The second-order valence-electron chi connectivity index (χ2n) is 5.81. The molecule has 148 valence electrons. The minimum absolute atomic E-state index is 0.121. The quantitative estimate of drug-likeness (QED) is 0.472. The molecule has 0 saturated carbocycles. The van der Waals surface area contributed by atoms with Gasteiger partial charge in [0.15, 0.2) is 0 Å². The van der Waals surface area contributed by atoms with Crippen LogP contribution in [-0.2, 0) is 0 Å². The van der Waals surface area contributed by atoms with Gasteiger partial charge < -0.3 is 25.7 Å². The highest BCUT2D eigenvalue weighted by Crippen LogP contribution is 2.34. The van der Waals surface area contributed by atoms with E-state index in [0.717, 1.165) is 0 Å². The molecule has 3 aromatic rings. The molecule has 0 fully saturated rings. The van der Waals surface area contributed by atoms with Gasteiger partial charge in [-0.05, 0) is 29.8 Å². The van der Waals surface area contributed by atoms with Crippen molar-refractivity contribution in [1.82, 2.24) is 4.98 Å². The molecule has 0 unspecified atom stereocenters. The second-order valence-corrected chi connectivity index (χ2v) is 6.62. The van der Waals surface area contributed by atoms with Crippen molar-refractivity contribution >= 4 is 41.0 Å². The van der Waals surface area contributed by atoms with Crippen molar-refractivity contribution in [2.75, 3.05) is 5.73 Å². The van der Waals surface area contributed by atoms with Gasteiger partial charge in [-0.1, -0.05) is 35.3 Å². The summed E-state index contributed by atoms with van der Waals surface area (Å²) in [7, 11) is 0. The van der Waals surface area contributed by atoms with Crippen LogP contribution in [0.3, 0.4) is 0 Å². The van der Waals surface area contributed by atoms with Gasteiger partial charge in [-0.15, -0.1) is 0 Å². The van der Waals surface area contributed by atoms with Crippen molar-refractivity contribution in [3.05, 3.63) is 74.0 Å². The summed E-state index contributed by atoms with van der Waals surface area (Å²) < 4.78 is 5.68. The number of nitrogens with one attached hydrogen (secondary N) is 1. The minimum atomic E-state index is -1.60. The number of carbonyl (C=O) groups is 2. The molecular formula is C19H12Cl2N2O6. The van der Waals surface area contributed by atoms with Crippen molar-refractivity contribution in [1.29, 1.82) is 0 Å². The second kappa shape index (κ2) is 7.86. The first kappa shape index (κ1) is 20.2. The molecule has 0 saturated heterocycles. The molecule has 10 heteroatoms. The van der Waals surface area contributed by atoms with Gasteiger partial charge >= 0.3 is 11.9 Å². The Morgan fingerprint density at radius 2 is 1.59 bits per heavy atom. The van der Waals surface area contributed by atoms with Gasteiger partial charge in [0.2, 0.25) is 0 Å². The predicted octanol–water partition coefficient (Wildman–Crippen LogP) is 4.12. The zero-order chi connectivity index (χ0) is 21.3. The van der Waals surface area contributed by atoms with Crippen LogP contribution in [0.4, 0.5) is 5.82 Å². The lowest BCUT2D eigenvalue weighted by Crippen LogP contribution is -2.24. The minimum Gasteiger partial charge on any atom is -0.478 e. The summed E-state index contributed by atoms with van der Waals surface area (Å²) in [5.74, 6) is -2.96. The van der Waals surface area contributed by atoms with E-state index in [1.807, 2.05) is 4.98 Å². The predicted molar refractivity (Wildman–Crippen MR) is 107 cm³/mol. The van der Waals surface area contributed by atoms with Gasteiger partial charge in [0.25, 0.3) is 5.56 Å². The Labute approximate surface area is 173 Å². The molecule has 1 heterocycles. The third kappa shape index (κ3) is 4.03. The standard InChI is InChI=1S/C19H12Cl2N2O6/c20-11-5-4-10(7-12(11)21)29-9-3-1-2-8(6-9)13-14(18(25)26)16(22)23-17(24)15(13)19(27)28/h1-7H,(H,25,26)(H,27,28)(H3,22,23,24). The number of carboxylic acid groups (broad SMARTS) is 2.